The van der Waals surface area contributed by atoms with Gasteiger partial charge in [-0.05, 0) is 43.0 Å². The van der Waals surface area contributed by atoms with Crippen LogP contribution in [-0.4, -0.2) is 37.0 Å². The third kappa shape index (κ3) is 5.26. The van der Waals surface area contributed by atoms with Gasteiger partial charge >= 0.3 is 5.97 Å². The van der Waals surface area contributed by atoms with E-state index in [1.807, 2.05) is 12.1 Å². The van der Waals surface area contributed by atoms with Crippen LogP contribution >= 0.6 is 0 Å². The summed E-state index contributed by atoms with van der Waals surface area (Å²) in [5.74, 6) is -0.409. The monoisotopic (exact) mass is 404 g/mol. The number of esters is 1. The first kappa shape index (κ1) is 21.1. The molecule has 0 N–H and O–H groups in total. The average Bonchev–Trinajstić information content (AvgIpc) is 2.82. The molecule has 0 radical (unpaired) electrons. The van der Waals surface area contributed by atoms with Gasteiger partial charge in [-0.2, -0.15) is 5.26 Å². The molecule has 1 saturated heterocycles. The second-order valence-electron chi connectivity index (χ2n) is 7.02. The predicted octanol–water partition coefficient (Wildman–Crippen LogP) is 3.90. The normalized spacial score (nSPS) is 15.1. The summed E-state index contributed by atoms with van der Waals surface area (Å²) < 4.78 is 10.7. The molecule has 6 nitrogen and oxygen atoms in total. The fraction of sp³-hybridized carbons (Fsp3) is 0.292. The van der Waals surface area contributed by atoms with Gasteiger partial charge in [-0.1, -0.05) is 42.5 Å². The highest BCUT2D eigenvalue weighted by atomic mass is 16.5. The smallest absolute Gasteiger partial charge is 0.350 e. The van der Waals surface area contributed by atoms with E-state index in [0.29, 0.717) is 30.0 Å². The van der Waals surface area contributed by atoms with Gasteiger partial charge < -0.3 is 14.4 Å². The first-order valence-electron chi connectivity index (χ1n) is 9.93. The van der Waals surface area contributed by atoms with Crippen molar-refractivity contribution in [3.8, 4) is 11.8 Å². The van der Waals surface area contributed by atoms with Crippen molar-refractivity contribution in [2.75, 3.05) is 20.2 Å². The molecule has 154 valence electrons. The van der Waals surface area contributed by atoms with Crippen LogP contribution in [-0.2, 0) is 14.3 Å². The molecule has 2 aromatic carbocycles. The van der Waals surface area contributed by atoms with Crippen molar-refractivity contribution in [3.63, 3.8) is 0 Å². The fourth-order valence-electron chi connectivity index (χ4n) is 3.34. The highest BCUT2D eigenvalue weighted by Crippen LogP contribution is 2.24. The molecule has 6 heteroatoms. The van der Waals surface area contributed by atoms with Crippen LogP contribution in [0.2, 0.25) is 0 Å². The van der Waals surface area contributed by atoms with E-state index in [1.54, 1.807) is 60.5 Å². The minimum Gasteiger partial charge on any atom is -0.497 e. The number of carbonyl (C=O) groups is 2. The van der Waals surface area contributed by atoms with Crippen molar-refractivity contribution in [2.24, 2.45) is 0 Å². The number of carbonyl (C=O) groups excluding carboxylic acids is 2. The lowest BCUT2D eigenvalue weighted by Gasteiger charge is -2.30. The van der Waals surface area contributed by atoms with Crippen molar-refractivity contribution in [1.82, 2.24) is 4.90 Å². The Bertz CT molecular complexity index is 939. The van der Waals surface area contributed by atoms with E-state index in [9.17, 15) is 14.9 Å². The Morgan fingerprint density at radius 3 is 2.30 bits per heavy atom. The molecule has 0 aliphatic carbocycles. The van der Waals surface area contributed by atoms with Crippen LogP contribution in [0.15, 0.2) is 60.2 Å². The fourth-order valence-corrected chi connectivity index (χ4v) is 3.34. The number of rotatable bonds is 6. The number of piperidine rings is 1. The first-order valence-corrected chi connectivity index (χ1v) is 9.93. The standard InChI is InChI=1S/C24H24N2O4/c1-29-21-12-10-18(11-13-21)16-20(17-25)24(28)30-22(19-8-4-2-5-9-19)23(27)26-14-6-3-7-15-26/h2,4-5,8-13,16,22H,3,6-7,14-15H2,1H3/b20-16+/t22-/m0/s1. The van der Waals surface area contributed by atoms with Crippen LogP contribution in [0.5, 0.6) is 5.75 Å². The Labute approximate surface area is 176 Å². The lowest BCUT2D eigenvalue weighted by atomic mass is 10.1. The summed E-state index contributed by atoms with van der Waals surface area (Å²) in [6, 6.07) is 17.7. The van der Waals surface area contributed by atoms with Crippen LogP contribution < -0.4 is 4.74 Å². The number of amides is 1. The molecule has 1 amide bonds. The molecule has 30 heavy (non-hydrogen) atoms. The molecular weight excluding hydrogens is 380 g/mol. The lowest BCUT2D eigenvalue weighted by molar-refractivity contribution is -0.158. The van der Waals surface area contributed by atoms with Gasteiger partial charge in [-0.15, -0.1) is 0 Å². The summed E-state index contributed by atoms with van der Waals surface area (Å²) in [6.07, 6.45) is 3.31. The van der Waals surface area contributed by atoms with E-state index in [2.05, 4.69) is 0 Å². The second-order valence-corrected chi connectivity index (χ2v) is 7.02. The summed E-state index contributed by atoms with van der Waals surface area (Å²) in [4.78, 5) is 27.6. The van der Waals surface area contributed by atoms with Crippen LogP contribution in [0.4, 0.5) is 0 Å². The summed E-state index contributed by atoms with van der Waals surface area (Å²) >= 11 is 0. The van der Waals surface area contributed by atoms with Crippen molar-refractivity contribution in [2.45, 2.75) is 25.4 Å². The third-order valence-electron chi connectivity index (χ3n) is 4.99. The van der Waals surface area contributed by atoms with Crippen molar-refractivity contribution in [3.05, 3.63) is 71.3 Å². The molecule has 1 fully saturated rings. The topological polar surface area (TPSA) is 79.6 Å². The predicted molar refractivity (Wildman–Crippen MR) is 112 cm³/mol. The summed E-state index contributed by atoms with van der Waals surface area (Å²) in [7, 11) is 1.56. The van der Waals surface area contributed by atoms with Crippen molar-refractivity contribution < 1.29 is 19.1 Å². The number of nitrogens with zero attached hydrogens (tertiary/aromatic N) is 2. The molecule has 0 spiro atoms. The average molecular weight is 404 g/mol. The summed E-state index contributed by atoms with van der Waals surface area (Å²) in [6.45, 7) is 1.29. The number of ether oxygens (including phenoxy) is 2. The van der Waals surface area contributed by atoms with Crippen LogP contribution in [0.1, 0.15) is 36.5 Å². The highest BCUT2D eigenvalue weighted by molar-refractivity contribution is 5.99. The van der Waals surface area contributed by atoms with E-state index in [0.717, 1.165) is 19.3 Å². The maximum atomic E-state index is 13.1. The van der Waals surface area contributed by atoms with Crippen LogP contribution in [0, 0.1) is 11.3 Å². The number of hydrogen-bond acceptors (Lipinski definition) is 5. The number of nitriles is 1. The molecule has 1 atom stereocenters. The quantitative estimate of drug-likeness (QED) is 0.414. The van der Waals surface area contributed by atoms with E-state index >= 15 is 0 Å². The van der Waals surface area contributed by atoms with Crippen LogP contribution in [0.3, 0.4) is 0 Å². The maximum Gasteiger partial charge on any atom is 0.350 e. The number of hydrogen-bond donors (Lipinski definition) is 0. The minimum absolute atomic E-state index is 0.174. The van der Waals surface area contributed by atoms with Crippen molar-refractivity contribution >= 4 is 18.0 Å². The largest absolute Gasteiger partial charge is 0.497 e. The number of likely N-dealkylation sites (tertiary alicyclic amines) is 1. The van der Waals surface area contributed by atoms with Crippen LogP contribution in [0.25, 0.3) is 6.08 Å². The first-order chi connectivity index (χ1) is 14.6. The Morgan fingerprint density at radius 1 is 1.03 bits per heavy atom. The second kappa shape index (κ2) is 10.3. The zero-order chi connectivity index (χ0) is 21.3. The Balaban J connectivity index is 1.83. The highest BCUT2D eigenvalue weighted by Gasteiger charge is 2.31. The molecule has 0 aromatic heterocycles. The molecule has 1 heterocycles. The maximum absolute atomic E-state index is 13.1. The van der Waals surface area contributed by atoms with Gasteiger partial charge in [0.1, 0.15) is 17.4 Å². The van der Waals surface area contributed by atoms with Gasteiger partial charge in [-0.25, -0.2) is 4.79 Å². The Hall–Kier alpha value is -3.59. The zero-order valence-electron chi connectivity index (χ0n) is 16.9. The molecule has 3 rings (SSSR count). The minimum atomic E-state index is -1.08. The van der Waals surface area contributed by atoms with Gasteiger partial charge in [0, 0.05) is 18.7 Å². The Kier molecular flexibility index (Phi) is 7.23. The van der Waals surface area contributed by atoms with Gasteiger partial charge in [0.15, 0.2) is 0 Å². The zero-order valence-corrected chi connectivity index (χ0v) is 16.9. The van der Waals surface area contributed by atoms with Gasteiger partial charge in [0.2, 0.25) is 6.10 Å². The van der Waals surface area contributed by atoms with E-state index in [4.69, 9.17) is 9.47 Å². The number of methoxy groups -OCH3 is 1. The van der Waals surface area contributed by atoms with E-state index in [1.165, 1.54) is 6.08 Å². The SMILES string of the molecule is COc1ccc(/C=C(\C#N)C(=O)O[C@H](C(=O)N2CCCCC2)c2ccccc2)cc1. The molecule has 1 aliphatic heterocycles. The lowest BCUT2D eigenvalue weighted by Crippen LogP contribution is -2.40. The van der Waals surface area contributed by atoms with Gasteiger partial charge in [0.05, 0.1) is 7.11 Å². The number of benzene rings is 2. The molecule has 1 aliphatic rings. The molecule has 2 aromatic rings. The van der Waals surface area contributed by atoms with E-state index in [-0.39, 0.29) is 11.5 Å². The third-order valence-corrected chi connectivity index (χ3v) is 4.99. The van der Waals surface area contributed by atoms with Crippen molar-refractivity contribution in [1.29, 1.82) is 5.26 Å². The Morgan fingerprint density at radius 2 is 1.70 bits per heavy atom. The molecule has 0 unspecified atom stereocenters. The molecule has 0 bridgehead atoms. The van der Waals surface area contributed by atoms with E-state index < -0.39 is 12.1 Å². The molecular formula is C24H24N2O4. The summed E-state index contributed by atoms with van der Waals surface area (Å²) in [5, 5.41) is 9.49. The van der Waals surface area contributed by atoms with Gasteiger partial charge in [-0.3, -0.25) is 4.79 Å². The summed E-state index contributed by atoms with van der Waals surface area (Å²) in [5.41, 5.74) is 1.07. The van der Waals surface area contributed by atoms with Gasteiger partial charge in [0.25, 0.3) is 5.91 Å². The molecule has 0 saturated carbocycles.